The molecule has 3 aliphatic heterocycles. The minimum absolute atomic E-state index is 0.136. The molecule has 3 N–H and O–H groups in total. The number of rotatable bonds is 6. The van der Waals surface area contributed by atoms with Crippen LogP contribution < -0.4 is 20.3 Å². The number of piperidine rings is 1. The van der Waals surface area contributed by atoms with Gasteiger partial charge in [0.1, 0.15) is 5.60 Å². The van der Waals surface area contributed by atoms with Crippen molar-refractivity contribution in [2.75, 3.05) is 62.4 Å². The Hall–Kier alpha value is -4.32. The Morgan fingerprint density at radius 3 is 2.77 bits per heavy atom. The first-order chi connectivity index (χ1) is 20.5. The van der Waals surface area contributed by atoms with E-state index in [0.717, 1.165) is 11.1 Å². The maximum atomic E-state index is 12.9. The zero-order valence-corrected chi connectivity index (χ0v) is 24.3. The Balaban J connectivity index is 1.08. The summed E-state index contributed by atoms with van der Waals surface area (Å²) in [6.07, 6.45) is 2.75. The summed E-state index contributed by atoms with van der Waals surface area (Å²) in [4.78, 5) is 51.0. The number of nitrogens with zero attached hydrogens (tertiary/aromatic N) is 6. The fourth-order valence-corrected chi connectivity index (χ4v) is 6.19. The van der Waals surface area contributed by atoms with Crippen LogP contribution in [0.3, 0.4) is 0 Å². The standard InChI is InChI=1S/C29H34N8O6/c1-17(35(2)3)25(39)32-20-8-18-10-28(41,11-21(18)19(9-20)12-30)15-36-6-4-29(5-7-36)16-37(27(40)43-29)22-13-31-26-24(33-22)34-23(38)14-42-26/h8-9,13,17,41H,4-7,10-11,14-16H2,1-3H3,(H,32,39)(H,33,34,38)/t17-,28?/m1/s1. The molecule has 4 aliphatic rings. The lowest BCUT2D eigenvalue weighted by Gasteiger charge is -2.40. The van der Waals surface area contributed by atoms with Crippen LogP contribution in [-0.4, -0.2) is 107 Å². The molecule has 14 nitrogen and oxygen atoms in total. The van der Waals surface area contributed by atoms with E-state index in [1.165, 1.54) is 11.1 Å². The van der Waals surface area contributed by atoms with Crippen LogP contribution in [0.25, 0.3) is 0 Å². The molecule has 1 spiro atoms. The first-order valence-electron chi connectivity index (χ1n) is 14.2. The molecule has 14 heteroatoms. The topological polar surface area (TPSA) is 173 Å². The highest BCUT2D eigenvalue weighted by atomic mass is 16.6. The van der Waals surface area contributed by atoms with E-state index < -0.39 is 17.3 Å². The first kappa shape index (κ1) is 28.8. The number of carbonyl (C=O) groups is 3. The molecule has 4 heterocycles. The zero-order chi connectivity index (χ0) is 30.5. The number of hydrogen-bond donors (Lipinski definition) is 3. The molecule has 1 aliphatic carbocycles. The number of aromatic nitrogens is 2. The number of nitrogens with one attached hydrogen (secondary N) is 2. The van der Waals surface area contributed by atoms with Gasteiger partial charge in [0.05, 0.1) is 36.0 Å². The minimum Gasteiger partial charge on any atom is -0.465 e. The molecule has 226 valence electrons. The summed E-state index contributed by atoms with van der Waals surface area (Å²) in [6, 6.07) is 5.42. The predicted molar refractivity (Wildman–Crippen MR) is 154 cm³/mol. The van der Waals surface area contributed by atoms with Gasteiger partial charge in [0.2, 0.25) is 5.91 Å². The maximum absolute atomic E-state index is 12.9. The van der Waals surface area contributed by atoms with Gasteiger partial charge in [0.15, 0.2) is 18.2 Å². The highest BCUT2D eigenvalue weighted by Gasteiger charge is 2.49. The number of aliphatic hydroxyl groups is 1. The lowest BCUT2D eigenvalue weighted by Crippen LogP contribution is -2.52. The summed E-state index contributed by atoms with van der Waals surface area (Å²) in [7, 11) is 3.65. The van der Waals surface area contributed by atoms with Gasteiger partial charge >= 0.3 is 6.09 Å². The Labute approximate surface area is 248 Å². The zero-order valence-electron chi connectivity index (χ0n) is 24.3. The van der Waals surface area contributed by atoms with Crippen LogP contribution in [0.15, 0.2) is 18.3 Å². The normalized spacial score (nSPS) is 23.2. The number of hydrogen-bond acceptors (Lipinski definition) is 11. The molecule has 2 atom stereocenters. The van der Waals surface area contributed by atoms with E-state index in [-0.39, 0.29) is 42.0 Å². The van der Waals surface area contributed by atoms with Gasteiger partial charge in [0, 0.05) is 51.0 Å². The van der Waals surface area contributed by atoms with Gasteiger partial charge in [-0.25, -0.2) is 14.8 Å². The fourth-order valence-electron chi connectivity index (χ4n) is 6.19. The van der Waals surface area contributed by atoms with Gasteiger partial charge in [-0.05, 0) is 44.3 Å². The second kappa shape index (κ2) is 10.7. The summed E-state index contributed by atoms with van der Waals surface area (Å²) in [5.41, 5.74) is 0.900. The number of fused-ring (bicyclic) bond motifs is 2. The van der Waals surface area contributed by atoms with Crippen molar-refractivity contribution in [3.8, 4) is 11.9 Å². The largest absolute Gasteiger partial charge is 0.465 e. The molecule has 0 radical (unpaired) electrons. The third-order valence-corrected chi connectivity index (χ3v) is 8.77. The van der Waals surface area contributed by atoms with E-state index in [9.17, 15) is 24.8 Å². The van der Waals surface area contributed by atoms with Crippen molar-refractivity contribution in [2.45, 2.75) is 49.9 Å². The molecule has 2 aromatic rings. The smallest absolute Gasteiger partial charge is 0.416 e. The third kappa shape index (κ3) is 5.58. The molecule has 43 heavy (non-hydrogen) atoms. The molecule has 1 aromatic carbocycles. The lowest BCUT2D eigenvalue weighted by molar-refractivity contribution is -0.120. The summed E-state index contributed by atoms with van der Waals surface area (Å²) >= 11 is 0. The van der Waals surface area contributed by atoms with Crippen LogP contribution in [0.2, 0.25) is 0 Å². The highest BCUT2D eigenvalue weighted by Crippen LogP contribution is 2.39. The summed E-state index contributed by atoms with van der Waals surface area (Å²) < 4.78 is 11.1. The molecule has 3 amide bonds. The Morgan fingerprint density at radius 1 is 1.28 bits per heavy atom. The minimum atomic E-state index is -1.07. The number of carbonyl (C=O) groups excluding carboxylic acids is 3. The predicted octanol–water partition coefficient (Wildman–Crippen LogP) is 0.889. The Bertz CT molecular complexity index is 1530. The van der Waals surface area contributed by atoms with Gasteiger partial charge < -0.3 is 30.1 Å². The Morgan fingerprint density at radius 2 is 2.05 bits per heavy atom. The van der Waals surface area contributed by atoms with Gasteiger partial charge in [-0.15, -0.1) is 0 Å². The molecule has 6 rings (SSSR count). The number of amides is 3. The molecule has 1 aromatic heterocycles. The van der Waals surface area contributed by atoms with E-state index in [4.69, 9.17) is 9.47 Å². The number of likely N-dealkylation sites (N-methyl/N-ethyl adjacent to an activating group) is 1. The molecule has 2 fully saturated rings. The van der Waals surface area contributed by atoms with Crippen molar-refractivity contribution < 1.29 is 29.0 Å². The summed E-state index contributed by atoms with van der Waals surface area (Å²) in [5.74, 6) is 0.124. The summed E-state index contributed by atoms with van der Waals surface area (Å²) in [6.45, 7) is 3.57. The molecule has 1 unspecified atom stereocenters. The SMILES string of the molecule is C[C@H](C(=O)Nc1cc(C#N)c2c(c1)CC(O)(CN1CCC3(CC1)CN(c1cnc4c(n1)NC(=O)CO4)C(=O)O3)C2)N(C)C. The summed E-state index contributed by atoms with van der Waals surface area (Å²) in [5, 5.41) is 27.0. The fraction of sp³-hybridized carbons (Fsp3) is 0.517. The molecule has 0 bridgehead atoms. The van der Waals surface area contributed by atoms with Crippen molar-refractivity contribution in [3.63, 3.8) is 0 Å². The number of β-amino-alcohol motifs (C(OH)–C–C–N with tert-alkyl or cyclic N) is 1. The average Bonchev–Trinajstić information content (AvgIpc) is 3.48. The maximum Gasteiger partial charge on any atom is 0.416 e. The van der Waals surface area contributed by atoms with Crippen LogP contribution in [-0.2, 0) is 27.2 Å². The quantitative estimate of drug-likeness (QED) is 0.436. The van der Waals surface area contributed by atoms with Crippen molar-refractivity contribution in [2.24, 2.45) is 0 Å². The number of benzene rings is 1. The highest BCUT2D eigenvalue weighted by molar-refractivity contribution is 5.95. The van der Waals surface area contributed by atoms with Gasteiger partial charge in [-0.3, -0.25) is 19.4 Å². The van der Waals surface area contributed by atoms with E-state index in [0.29, 0.717) is 63.1 Å². The van der Waals surface area contributed by atoms with E-state index in [1.807, 2.05) is 20.2 Å². The number of nitriles is 1. The van der Waals surface area contributed by atoms with Crippen LogP contribution in [0, 0.1) is 11.3 Å². The third-order valence-electron chi connectivity index (χ3n) is 8.77. The number of anilines is 3. The van der Waals surface area contributed by atoms with E-state index in [2.05, 4.69) is 31.6 Å². The van der Waals surface area contributed by atoms with Crippen molar-refractivity contribution in [1.82, 2.24) is 19.8 Å². The van der Waals surface area contributed by atoms with Crippen molar-refractivity contribution in [3.05, 3.63) is 35.0 Å². The molecular weight excluding hydrogens is 556 g/mol. The van der Waals surface area contributed by atoms with E-state index >= 15 is 0 Å². The van der Waals surface area contributed by atoms with Gasteiger partial charge in [-0.1, -0.05) is 0 Å². The Kier molecular flexibility index (Phi) is 7.19. The van der Waals surface area contributed by atoms with Crippen molar-refractivity contribution >= 4 is 35.2 Å². The monoisotopic (exact) mass is 590 g/mol. The van der Waals surface area contributed by atoms with Crippen LogP contribution in [0.5, 0.6) is 5.88 Å². The van der Waals surface area contributed by atoms with Crippen LogP contribution >= 0.6 is 0 Å². The second-order valence-corrected chi connectivity index (χ2v) is 12.1. The first-order valence-corrected chi connectivity index (χ1v) is 14.2. The average molecular weight is 591 g/mol. The lowest BCUT2D eigenvalue weighted by atomic mass is 9.89. The second-order valence-electron chi connectivity index (χ2n) is 12.1. The van der Waals surface area contributed by atoms with E-state index in [1.54, 1.807) is 17.9 Å². The van der Waals surface area contributed by atoms with Crippen molar-refractivity contribution in [1.29, 1.82) is 5.26 Å². The molecular formula is C29H34N8O6. The molecule has 0 saturated carbocycles. The molecule has 2 saturated heterocycles. The number of likely N-dealkylation sites (tertiary alicyclic amines) is 1. The number of ether oxygens (including phenoxy) is 2. The van der Waals surface area contributed by atoms with Crippen LogP contribution in [0.1, 0.15) is 36.5 Å². The van der Waals surface area contributed by atoms with Crippen LogP contribution in [0.4, 0.5) is 22.1 Å². The van der Waals surface area contributed by atoms with Gasteiger partial charge in [0.25, 0.3) is 11.8 Å². The van der Waals surface area contributed by atoms with Gasteiger partial charge in [-0.2, -0.15) is 5.26 Å².